The first-order valence-electron chi connectivity index (χ1n) is 8.45. The van der Waals surface area contributed by atoms with Gasteiger partial charge in [-0.25, -0.2) is 0 Å². The molecule has 20 heavy (non-hydrogen) atoms. The van der Waals surface area contributed by atoms with Crippen LogP contribution in [-0.4, -0.2) is 43.6 Å². The van der Waals surface area contributed by atoms with E-state index < -0.39 is 7.26 Å². The van der Waals surface area contributed by atoms with Gasteiger partial charge in [0.05, 0.1) is 13.2 Å². The first-order valence-corrected chi connectivity index (χ1v) is 12.5. The molecule has 1 heterocycles. The van der Waals surface area contributed by atoms with Crippen molar-refractivity contribution in [2.45, 2.75) is 64.5 Å². The van der Waals surface area contributed by atoms with Crippen molar-refractivity contribution in [3.8, 4) is 0 Å². The molecule has 0 atom stereocenters. The molecular weight excluding hydrogens is 335 g/mol. The van der Waals surface area contributed by atoms with Gasteiger partial charge in [-0.2, -0.15) is 0 Å². The Balaban J connectivity index is 0.000000493. The van der Waals surface area contributed by atoms with Gasteiger partial charge in [-0.05, 0) is 15.9 Å². The summed E-state index contributed by atoms with van der Waals surface area (Å²) in [7, 11) is -0.812. The molecule has 1 saturated heterocycles. The minimum atomic E-state index is -0.812. The van der Waals surface area contributed by atoms with E-state index >= 15 is 0 Å². The quantitative estimate of drug-likeness (QED) is 0.395. The van der Waals surface area contributed by atoms with Crippen molar-refractivity contribution in [3.05, 3.63) is 0 Å². The van der Waals surface area contributed by atoms with E-state index in [0.29, 0.717) is 0 Å². The molecule has 0 saturated carbocycles. The first kappa shape index (κ1) is 20.8. The van der Waals surface area contributed by atoms with Gasteiger partial charge in [0.15, 0.2) is 0 Å². The van der Waals surface area contributed by atoms with Crippen LogP contribution in [-0.2, 0) is 9.47 Å². The molecule has 0 N–H and O–H groups in total. The third-order valence-electron chi connectivity index (χ3n) is 3.98. The van der Waals surface area contributed by atoms with E-state index in [9.17, 15) is 0 Å². The number of hydrogen-bond acceptors (Lipinski definition) is 2. The molecule has 0 aromatic rings. The Labute approximate surface area is 135 Å². The van der Waals surface area contributed by atoms with Crippen molar-refractivity contribution in [3.63, 3.8) is 0 Å². The van der Waals surface area contributed by atoms with Gasteiger partial charge in [0.1, 0.15) is 0 Å². The molecule has 0 aliphatic carbocycles. The molecule has 0 unspecified atom stereocenters. The van der Waals surface area contributed by atoms with Crippen molar-refractivity contribution in [2.75, 3.05) is 38.4 Å². The van der Waals surface area contributed by atoms with Crippen molar-refractivity contribution in [2.24, 2.45) is 0 Å². The SMILES string of the molecule is BrC1OCCO1.CCCC[PH](C)(CCCC)CCCC. The van der Waals surface area contributed by atoms with Gasteiger partial charge in [-0.3, -0.25) is 0 Å². The fourth-order valence-electron chi connectivity index (χ4n) is 2.52. The van der Waals surface area contributed by atoms with Crippen LogP contribution in [0.5, 0.6) is 0 Å². The van der Waals surface area contributed by atoms with Crippen LogP contribution in [0.25, 0.3) is 0 Å². The average molecular weight is 371 g/mol. The van der Waals surface area contributed by atoms with Gasteiger partial charge in [-0.1, -0.05) is 0 Å². The topological polar surface area (TPSA) is 18.5 Å². The zero-order valence-corrected chi connectivity index (χ0v) is 16.6. The van der Waals surface area contributed by atoms with Crippen LogP contribution in [0, 0.1) is 0 Å². The minimum absolute atomic E-state index is 0.141. The van der Waals surface area contributed by atoms with Crippen LogP contribution in [0.3, 0.4) is 0 Å². The van der Waals surface area contributed by atoms with Crippen LogP contribution in [0.4, 0.5) is 0 Å². The van der Waals surface area contributed by atoms with Gasteiger partial charge >= 0.3 is 91.7 Å². The molecule has 0 radical (unpaired) electrons. The molecule has 0 aromatic heterocycles. The fourth-order valence-corrected chi connectivity index (χ4v) is 7.26. The van der Waals surface area contributed by atoms with Crippen molar-refractivity contribution in [1.29, 1.82) is 0 Å². The second-order valence-electron chi connectivity index (χ2n) is 6.14. The van der Waals surface area contributed by atoms with Crippen LogP contribution in [0.2, 0.25) is 0 Å². The third-order valence-corrected chi connectivity index (χ3v) is 9.19. The number of unbranched alkanes of at least 4 members (excludes halogenated alkanes) is 3. The number of hydrogen-bond donors (Lipinski definition) is 0. The standard InChI is InChI=1S/C13H31P.C3H5BrO2/c1-5-8-11-14(4,12-9-6-2)13-10-7-3;4-3-5-1-2-6-3/h14H,5-13H2,1-4H3;3H,1-2H2. The summed E-state index contributed by atoms with van der Waals surface area (Å²) in [6.45, 7) is 11.1. The van der Waals surface area contributed by atoms with E-state index in [-0.39, 0.29) is 5.20 Å². The van der Waals surface area contributed by atoms with Crippen molar-refractivity contribution >= 4 is 23.2 Å². The molecule has 2 nitrogen and oxygen atoms in total. The van der Waals surface area contributed by atoms with E-state index in [1.165, 1.54) is 38.5 Å². The van der Waals surface area contributed by atoms with Gasteiger partial charge in [0, 0.05) is 0 Å². The summed E-state index contributed by atoms with van der Waals surface area (Å²) in [5, 5.41) is -0.141. The van der Waals surface area contributed by atoms with Gasteiger partial charge < -0.3 is 9.47 Å². The molecule has 1 aliphatic heterocycles. The number of rotatable bonds is 9. The molecule has 1 rings (SSSR count). The Hall–Kier alpha value is 0.830. The molecule has 124 valence electrons. The average Bonchev–Trinajstić information content (AvgIpc) is 2.93. The summed E-state index contributed by atoms with van der Waals surface area (Å²) in [5.74, 6) is 0. The van der Waals surface area contributed by atoms with E-state index in [2.05, 4.69) is 43.4 Å². The Morgan fingerprint density at radius 3 is 1.40 bits per heavy atom. The van der Waals surface area contributed by atoms with E-state index in [4.69, 9.17) is 9.47 Å². The second-order valence-corrected chi connectivity index (χ2v) is 12.0. The Kier molecular flexibility index (Phi) is 14.0. The monoisotopic (exact) mass is 370 g/mol. The van der Waals surface area contributed by atoms with Crippen LogP contribution < -0.4 is 0 Å². The maximum atomic E-state index is 4.85. The van der Waals surface area contributed by atoms with Crippen LogP contribution in [0.1, 0.15) is 59.3 Å². The zero-order valence-electron chi connectivity index (χ0n) is 14.0. The summed E-state index contributed by atoms with van der Waals surface area (Å²) in [5.41, 5.74) is 0. The number of alkyl halides is 1. The van der Waals surface area contributed by atoms with Crippen molar-refractivity contribution in [1.82, 2.24) is 0 Å². The molecule has 0 bridgehead atoms. The summed E-state index contributed by atoms with van der Waals surface area (Å²) in [4.78, 5) is 0. The van der Waals surface area contributed by atoms with Crippen molar-refractivity contribution < 1.29 is 9.47 Å². The fraction of sp³-hybridized carbons (Fsp3) is 1.00. The van der Waals surface area contributed by atoms with Gasteiger partial charge in [0.25, 0.3) is 0 Å². The van der Waals surface area contributed by atoms with E-state index in [1.54, 1.807) is 18.5 Å². The first-order chi connectivity index (χ1) is 9.58. The number of halogens is 1. The predicted octanol–water partition coefficient (Wildman–Crippen LogP) is 5.48. The van der Waals surface area contributed by atoms with Crippen LogP contribution in [0.15, 0.2) is 0 Å². The number of ether oxygens (including phenoxy) is 2. The normalized spacial score (nSPS) is 16.9. The molecular formula is C16H36BrO2P. The predicted molar refractivity (Wildman–Crippen MR) is 98.2 cm³/mol. The molecule has 4 heteroatoms. The summed E-state index contributed by atoms with van der Waals surface area (Å²) < 4.78 is 9.69. The third kappa shape index (κ3) is 11.5. The van der Waals surface area contributed by atoms with Crippen LogP contribution >= 0.6 is 23.2 Å². The summed E-state index contributed by atoms with van der Waals surface area (Å²) in [6, 6.07) is 0. The second kappa shape index (κ2) is 13.5. The maximum absolute atomic E-state index is 4.85. The Morgan fingerprint density at radius 2 is 1.20 bits per heavy atom. The summed E-state index contributed by atoms with van der Waals surface area (Å²) >= 11 is 3.09. The molecule has 1 fully saturated rings. The zero-order chi connectivity index (χ0) is 15.3. The van der Waals surface area contributed by atoms with E-state index in [0.717, 1.165) is 13.2 Å². The van der Waals surface area contributed by atoms with E-state index in [1.807, 2.05) is 0 Å². The molecule has 0 amide bonds. The van der Waals surface area contributed by atoms with Gasteiger partial charge in [-0.15, -0.1) is 0 Å². The molecule has 0 aromatic carbocycles. The Bertz CT molecular complexity index is 187. The summed E-state index contributed by atoms with van der Waals surface area (Å²) in [6.07, 6.45) is 13.4. The Morgan fingerprint density at radius 1 is 0.850 bits per heavy atom. The molecule has 0 spiro atoms. The van der Waals surface area contributed by atoms with Gasteiger partial charge in [0.2, 0.25) is 5.20 Å². The molecule has 1 aliphatic rings.